The molecule has 0 aromatic heterocycles. The van der Waals surface area contributed by atoms with Crippen molar-refractivity contribution in [1.82, 2.24) is 0 Å². The Morgan fingerprint density at radius 3 is 2.60 bits per heavy atom. The number of rotatable bonds is 2. The molecule has 1 saturated carbocycles. The molecule has 0 aliphatic heterocycles. The second kappa shape index (κ2) is 5.73. The summed E-state index contributed by atoms with van der Waals surface area (Å²) < 4.78 is 39.1. The molecule has 1 aromatic rings. The molecule has 0 heterocycles. The number of hydrogen-bond donors (Lipinski definition) is 2. The number of alkyl halides is 3. The predicted molar refractivity (Wildman–Crippen MR) is 73.1 cm³/mol. The fraction of sp³-hybridized carbons (Fsp3) is 0.462. The molecule has 0 bridgehead atoms. The van der Waals surface area contributed by atoms with Crippen LogP contribution in [0.25, 0.3) is 0 Å². The molecule has 1 aromatic carbocycles. The van der Waals surface area contributed by atoms with Gasteiger partial charge in [-0.25, -0.2) is 0 Å². The van der Waals surface area contributed by atoms with Gasteiger partial charge in [-0.3, -0.25) is 4.79 Å². The monoisotopic (exact) mass is 350 g/mol. The van der Waals surface area contributed by atoms with E-state index in [2.05, 4.69) is 21.2 Å². The predicted octanol–water partition coefficient (Wildman–Crippen LogP) is 3.53. The topological polar surface area (TPSA) is 55.1 Å². The lowest BCUT2D eigenvalue weighted by Gasteiger charge is -2.18. The highest BCUT2D eigenvalue weighted by Gasteiger charge is 2.36. The van der Waals surface area contributed by atoms with Crippen molar-refractivity contribution < 1.29 is 18.0 Å². The van der Waals surface area contributed by atoms with Crippen LogP contribution in [0.4, 0.5) is 18.9 Å². The van der Waals surface area contributed by atoms with Gasteiger partial charge in [0.15, 0.2) is 0 Å². The number of nitrogens with one attached hydrogen (secondary N) is 1. The number of anilines is 1. The van der Waals surface area contributed by atoms with Crippen LogP contribution >= 0.6 is 15.9 Å². The third-order valence-corrected chi connectivity index (χ3v) is 3.94. The smallest absolute Gasteiger partial charge is 0.327 e. The van der Waals surface area contributed by atoms with Crippen LogP contribution in [-0.2, 0) is 11.0 Å². The minimum atomic E-state index is -4.52. The lowest BCUT2D eigenvalue weighted by molar-refractivity contribution is -0.137. The third kappa shape index (κ3) is 3.32. The Hall–Kier alpha value is -1.08. The number of halogens is 4. The Morgan fingerprint density at radius 2 is 2.05 bits per heavy atom. The largest absolute Gasteiger partial charge is 0.418 e. The fourth-order valence-corrected chi connectivity index (χ4v) is 2.76. The van der Waals surface area contributed by atoms with Gasteiger partial charge in [0.05, 0.1) is 17.2 Å². The van der Waals surface area contributed by atoms with Gasteiger partial charge in [-0.15, -0.1) is 0 Å². The number of carbonyl (C=O) groups excluding carboxylic acids is 1. The molecule has 20 heavy (non-hydrogen) atoms. The number of nitrogens with two attached hydrogens (primary N) is 1. The second-order valence-corrected chi connectivity index (χ2v) is 5.79. The van der Waals surface area contributed by atoms with Gasteiger partial charge in [0.1, 0.15) is 0 Å². The summed E-state index contributed by atoms with van der Waals surface area (Å²) in [6, 6.07) is 3.37. The SMILES string of the molecule is NC1CCCC1C(=O)Nc1ccc(Br)cc1C(F)(F)F. The third-order valence-electron chi connectivity index (χ3n) is 3.45. The molecular weight excluding hydrogens is 337 g/mol. The van der Waals surface area contributed by atoms with E-state index >= 15 is 0 Å². The van der Waals surface area contributed by atoms with Crippen LogP contribution < -0.4 is 11.1 Å². The second-order valence-electron chi connectivity index (χ2n) is 4.88. The molecular formula is C13H14BrF3N2O. The summed E-state index contributed by atoms with van der Waals surface area (Å²) in [5.74, 6) is -0.859. The molecule has 2 unspecified atom stereocenters. The van der Waals surface area contributed by atoms with Gasteiger partial charge in [0.25, 0.3) is 0 Å². The first-order valence-corrected chi connectivity index (χ1v) is 7.01. The summed E-state index contributed by atoms with van der Waals surface area (Å²) in [5.41, 5.74) is 4.69. The Bertz CT molecular complexity index is 519. The highest BCUT2D eigenvalue weighted by Crippen LogP contribution is 2.37. The van der Waals surface area contributed by atoms with Gasteiger partial charge in [-0.2, -0.15) is 13.2 Å². The summed E-state index contributed by atoms with van der Waals surface area (Å²) in [7, 11) is 0. The average molecular weight is 351 g/mol. The van der Waals surface area contributed by atoms with E-state index in [0.29, 0.717) is 10.9 Å². The van der Waals surface area contributed by atoms with Gasteiger partial charge < -0.3 is 11.1 Å². The summed E-state index contributed by atoms with van der Waals surface area (Å²) >= 11 is 3.00. The normalized spacial score (nSPS) is 22.9. The fourth-order valence-electron chi connectivity index (χ4n) is 2.40. The summed E-state index contributed by atoms with van der Waals surface area (Å²) in [6.07, 6.45) is -2.36. The summed E-state index contributed by atoms with van der Waals surface area (Å²) in [5, 5.41) is 2.36. The molecule has 0 radical (unpaired) electrons. The van der Waals surface area contributed by atoms with E-state index in [9.17, 15) is 18.0 Å². The summed E-state index contributed by atoms with van der Waals surface area (Å²) in [4.78, 5) is 12.0. The van der Waals surface area contributed by atoms with E-state index in [1.54, 1.807) is 0 Å². The zero-order chi connectivity index (χ0) is 14.9. The van der Waals surface area contributed by atoms with E-state index in [4.69, 9.17) is 5.73 Å². The van der Waals surface area contributed by atoms with Crippen molar-refractivity contribution in [3.8, 4) is 0 Å². The van der Waals surface area contributed by atoms with Crippen molar-refractivity contribution in [3.63, 3.8) is 0 Å². The quantitative estimate of drug-likeness (QED) is 0.857. The Labute approximate surface area is 122 Å². The van der Waals surface area contributed by atoms with Gasteiger partial charge in [0.2, 0.25) is 5.91 Å². The number of hydrogen-bond acceptors (Lipinski definition) is 2. The highest BCUT2D eigenvalue weighted by molar-refractivity contribution is 9.10. The molecule has 1 aliphatic carbocycles. The van der Waals surface area contributed by atoms with E-state index in [1.165, 1.54) is 12.1 Å². The van der Waals surface area contributed by atoms with Crippen LogP contribution in [-0.4, -0.2) is 11.9 Å². The lowest BCUT2D eigenvalue weighted by Crippen LogP contribution is -2.34. The van der Waals surface area contributed by atoms with Crippen LogP contribution in [0.5, 0.6) is 0 Å². The molecule has 110 valence electrons. The van der Waals surface area contributed by atoms with Crippen molar-refractivity contribution in [2.45, 2.75) is 31.5 Å². The Balaban J connectivity index is 2.23. The number of benzene rings is 1. The number of amides is 1. The van der Waals surface area contributed by atoms with Gasteiger partial charge in [-0.05, 0) is 31.0 Å². The first-order chi connectivity index (χ1) is 9.29. The van der Waals surface area contributed by atoms with Crippen LogP contribution in [0.2, 0.25) is 0 Å². The number of carbonyl (C=O) groups is 1. The molecule has 3 N–H and O–H groups in total. The van der Waals surface area contributed by atoms with Crippen molar-refractivity contribution in [3.05, 3.63) is 28.2 Å². The first kappa shape index (κ1) is 15.3. The standard InChI is InChI=1S/C13H14BrF3N2O/c14-7-4-5-11(9(6-7)13(15,16)17)19-12(20)8-2-1-3-10(8)18/h4-6,8,10H,1-3,18H2,(H,19,20). The Morgan fingerprint density at radius 1 is 1.35 bits per heavy atom. The maximum atomic E-state index is 12.9. The lowest BCUT2D eigenvalue weighted by atomic mass is 10.0. The minimum Gasteiger partial charge on any atom is -0.327 e. The van der Waals surface area contributed by atoms with Gasteiger partial charge >= 0.3 is 6.18 Å². The minimum absolute atomic E-state index is 0.232. The van der Waals surface area contributed by atoms with Gasteiger partial charge in [-0.1, -0.05) is 22.4 Å². The van der Waals surface area contributed by atoms with Crippen molar-refractivity contribution in [2.24, 2.45) is 11.7 Å². The van der Waals surface area contributed by atoms with Crippen LogP contribution in [0, 0.1) is 5.92 Å². The molecule has 1 fully saturated rings. The van der Waals surface area contributed by atoms with Crippen molar-refractivity contribution in [2.75, 3.05) is 5.32 Å². The van der Waals surface area contributed by atoms with Crippen LogP contribution in [0.15, 0.2) is 22.7 Å². The maximum absolute atomic E-state index is 12.9. The highest BCUT2D eigenvalue weighted by atomic mass is 79.9. The zero-order valence-electron chi connectivity index (χ0n) is 10.5. The van der Waals surface area contributed by atoms with E-state index < -0.39 is 23.6 Å². The molecule has 0 saturated heterocycles. The Kier molecular flexibility index (Phi) is 4.39. The molecule has 1 amide bonds. The van der Waals surface area contributed by atoms with Crippen LogP contribution in [0.3, 0.4) is 0 Å². The first-order valence-electron chi connectivity index (χ1n) is 6.22. The van der Waals surface area contributed by atoms with E-state index in [0.717, 1.165) is 18.9 Å². The maximum Gasteiger partial charge on any atom is 0.418 e. The summed E-state index contributed by atoms with van der Waals surface area (Å²) in [6.45, 7) is 0. The van der Waals surface area contributed by atoms with Gasteiger partial charge in [0, 0.05) is 10.5 Å². The van der Waals surface area contributed by atoms with Crippen molar-refractivity contribution >= 4 is 27.5 Å². The molecule has 0 spiro atoms. The van der Waals surface area contributed by atoms with E-state index in [1.807, 2.05) is 0 Å². The molecule has 7 heteroatoms. The molecule has 2 atom stereocenters. The molecule has 1 aliphatic rings. The van der Waals surface area contributed by atoms with Crippen molar-refractivity contribution in [1.29, 1.82) is 0 Å². The average Bonchev–Trinajstić information content (AvgIpc) is 2.76. The van der Waals surface area contributed by atoms with E-state index in [-0.39, 0.29) is 11.7 Å². The van der Waals surface area contributed by atoms with Crippen LogP contribution in [0.1, 0.15) is 24.8 Å². The molecule has 3 nitrogen and oxygen atoms in total. The molecule has 2 rings (SSSR count). The zero-order valence-corrected chi connectivity index (χ0v) is 12.1.